The third-order valence-electron chi connectivity index (χ3n) is 5.73. The van der Waals surface area contributed by atoms with Gasteiger partial charge in [-0.2, -0.15) is 0 Å². The monoisotopic (exact) mass is 470 g/mol. The van der Waals surface area contributed by atoms with Crippen LogP contribution < -0.4 is 21.3 Å². The van der Waals surface area contributed by atoms with E-state index in [4.69, 9.17) is 0 Å². The highest BCUT2D eigenvalue weighted by molar-refractivity contribution is 6.10. The Hall–Kier alpha value is -4.33. The Morgan fingerprint density at radius 1 is 0.886 bits per heavy atom. The van der Waals surface area contributed by atoms with E-state index < -0.39 is 6.03 Å². The van der Waals surface area contributed by atoms with Crippen molar-refractivity contribution in [2.24, 2.45) is 0 Å². The van der Waals surface area contributed by atoms with Crippen LogP contribution in [0, 0.1) is 0 Å². The molecule has 180 valence electrons. The number of pyridine rings is 1. The van der Waals surface area contributed by atoms with E-state index in [2.05, 4.69) is 31.2 Å². The van der Waals surface area contributed by atoms with Crippen LogP contribution in [0.5, 0.6) is 0 Å². The standard InChI is InChI=1S/C27H30N6O2/c1-27(2,3)23-15-22(24(33-23)25(34)28-4)32-26(35)31-21-10-9-20(18-7-5-6-8-19(18)21)30-16-17-11-13-29-14-12-17/h5-15,30,33H,16H2,1-4H3,(H,28,34)(H2,31,32,35). The first kappa shape index (κ1) is 23.8. The molecule has 0 saturated carbocycles. The van der Waals surface area contributed by atoms with Crippen LogP contribution in [0.3, 0.4) is 0 Å². The normalized spacial score (nSPS) is 11.2. The summed E-state index contributed by atoms with van der Waals surface area (Å²) in [5.41, 5.74) is 4.13. The lowest BCUT2D eigenvalue weighted by molar-refractivity contribution is 0.0959. The van der Waals surface area contributed by atoms with Crippen molar-refractivity contribution in [2.75, 3.05) is 23.0 Å². The van der Waals surface area contributed by atoms with E-state index in [1.807, 2.05) is 69.3 Å². The molecule has 4 aromatic rings. The highest BCUT2D eigenvalue weighted by Gasteiger charge is 2.23. The molecule has 0 unspecified atom stereocenters. The molecule has 35 heavy (non-hydrogen) atoms. The Labute approximate surface area is 204 Å². The van der Waals surface area contributed by atoms with Gasteiger partial charge in [-0.25, -0.2) is 4.79 Å². The van der Waals surface area contributed by atoms with Gasteiger partial charge in [0.15, 0.2) is 0 Å². The number of carbonyl (C=O) groups is 2. The summed E-state index contributed by atoms with van der Waals surface area (Å²) in [5, 5.41) is 13.7. The maximum absolute atomic E-state index is 13.0. The van der Waals surface area contributed by atoms with Gasteiger partial charge in [-0.1, -0.05) is 45.0 Å². The van der Waals surface area contributed by atoms with Crippen LogP contribution in [-0.4, -0.2) is 29.0 Å². The molecule has 0 bridgehead atoms. The lowest BCUT2D eigenvalue weighted by Gasteiger charge is -2.15. The summed E-state index contributed by atoms with van der Waals surface area (Å²) in [7, 11) is 1.56. The maximum atomic E-state index is 13.0. The Morgan fingerprint density at radius 2 is 1.51 bits per heavy atom. The van der Waals surface area contributed by atoms with Crippen molar-refractivity contribution in [2.45, 2.75) is 32.7 Å². The molecule has 0 atom stereocenters. The molecular weight excluding hydrogens is 440 g/mol. The number of hydrogen-bond donors (Lipinski definition) is 5. The molecule has 8 heteroatoms. The molecule has 0 saturated heterocycles. The van der Waals surface area contributed by atoms with E-state index in [0.29, 0.717) is 23.6 Å². The number of benzene rings is 2. The van der Waals surface area contributed by atoms with Crippen LogP contribution in [0.4, 0.5) is 21.9 Å². The lowest BCUT2D eigenvalue weighted by Crippen LogP contribution is -2.24. The molecule has 4 rings (SSSR count). The predicted octanol–water partition coefficient (Wildman–Crippen LogP) is 5.48. The van der Waals surface area contributed by atoms with Gasteiger partial charge in [-0.3, -0.25) is 9.78 Å². The first-order valence-corrected chi connectivity index (χ1v) is 11.4. The van der Waals surface area contributed by atoms with Gasteiger partial charge in [0.2, 0.25) is 0 Å². The summed E-state index contributed by atoms with van der Waals surface area (Å²) in [6.07, 6.45) is 3.54. The second kappa shape index (κ2) is 9.89. The summed E-state index contributed by atoms with van der Waals surface area (Å²) in [6.45, 7) is 6.76. The average Bonchev–Trinajstić information content (AvgIpc) is 3.28. The second-order valence-electron chi connectivity index (χ2n) is 9.30. The number of H-pyrrole nitrogens is 1. The Balaban J connectivity index is 1.56. The minimum atomic E-state index is -0.433. The molecular formula is C27H30N6O2. The number of aromatic amines is 1. The van der Waals surface area contributed by atoms with Gasteiger partial charge in [0.05, 0.1) is 11.4 Å². The molecule has 0 fully saturated rings. The van der Waals surface area contributed by atoms with E-state index >= 15 is 0 Å². The topological polar surface area (TPSA) is 111 Å². The van der Waals surface area contributed by atoms with Crippen molar-refractivity contribution in [3.05, 3.63) is 83.9 Å². The zero-order chi connectivity index (χ0) is 25.0. The first-order valence-electron chi connectivity index (χ1n) is 11.4. The van der Waals surface area contributed by atoms with Gasteiger partial charge in [0.25, 0.3) is 5.91 Å². The van der Waals surface area contributed by atoms with Crippen molar-refractivity contribution < 1.29 is 9.59 Å². The van der Waals surface area contributed by atoms with E-state index in [1.54, 1.807) is 25.5 Å². The van der Waals surface area contributed by atoms with Crippen LogP contribution in [0.15, 0.2) is 67.0 Å². The van der Waals surface area contributed by atoms with Gasteiger partial charge in [-0.15, -0.1) is 0 Å². The van der Waals surface area contributed by atoms with Crippen molar-refractivity contribution in [3.63, 3.8) is 0 Å². The number of nitrogens with zero attached hydrogens (tertiary/aromatic N) is 1. The molecule has 0 aliphatic carbocycles. The molecule has 5 N–H and O–H groups in total. The van der Waals surface area contributed by atoms with Crippen molar-refractivity contribution in [1.82, 2.24) is 15.3 Å². The van der Waals surface area contributed by atoms with E-state index in [9.17, 15) is 9.59 Å². The number of amides is 3. The fourth-order valence-electron chi connectivity index (χ4n) is 3.80. The molecule has 0 radical (unpaired) electrons. The van der Waals surface area contributed by atoms with Gasteiger partial charge >= 0.3 is 6.03 Å². The molecule has 2 heterocycles. The lowest BCUT2D eigenvalue weighted by atomic mass is 9.92. The zero-order valence-electron chi connectivity index (χ0n) is 20.3. The van der Waals surface area contributed by atoms with E-state index in [0.717, 1.165) is 27.7 Å². The molecule has 0 spiro atoms. The average molecular weight is 471 g/mol. The minimum Gasteiger partial charge on any atom is -0.380 e. The highest BCUT2D eigenvalue weighted by atomic mass is 16.2. The van der Waals surface area contributed by atoms with Crippen LogP contribution in [-0.2, 0) is 12.0 Å². The van der Waals surface area contributed by atoms with Crippen molar-refractivity contribution in [1.29, 1.82) is 0 Å². The number of hydrogen-bond acceptors (Lipinski definition) is 4. The molecule has 8 nitrogen and oxygen atoms in total. The largest absolute Gasteiger partial charge is 0.380 e. The summed E-state index contributed by atoms with van der Waals surface area (Å²) >= 11 is 0. The maximum Gasteiger partial charge on any atom is 0.323 e. The Kier molecular flexibility index (Phi) is 6.73. The SMILES string of the molecule is CNC(=O)c1[nH]c(C(C)(C)C)cc1NC(=O)Nc1ccc(NCc2ccncc2)c2ccccc12. The fourth-order valence-corrected chi connectivity index (χ4v) is 3.80. The Morgan fingerprint density at radius 3 is 2.17 bits per heavy atom. The van der Waals surface area contributed by atoms with Gasteiger partial charge < -0.3 is 26.3 Å². The number of aromatic nitrogens is 2. The van der Waals surface area contributed by atoms with Crippen LogP contribution in [0.1, 0.15) is 42.5 Å². The molecule has 0 aliphatic heterocycles. The molecule has 0 aliphatic rings. The van der Waals surface area contributed by atoms with Gasteiger partial charge in [-0.05, 0) is 35.9 Å². The second-order valence-corrected chi connectivity index (χ2v) is 9.30. The predicted molar refractivity (Wildman–Crippen MR) is 141 cm³/mol. The van der Waals surface area contributed by atoms with Gasteiger partial charge in [0, 0.05) is 53.6 Å². The highest BCUT2D eigenvalue weighted by Crippen LogP contribution is 2.31. The third-order valence-corrected chi connectivity index (χ3v) is 5.73. The van der Waals surface area contributed by atoms with E-state index in [-0.39, 0.29) is 11.3 Å². The fraction of sp³-hybridized carbons (Fsp3) is 0.222. The van der Waals surface area contributed by atoms with E-state index in [1.165, 1.54) is 0 Å². The summed E-state index contributed by atoms with van der Waals surface area (Å²) in [6, 6.07) is 17.0. The number of nitrogens with one attached hydrogen (secondary N) is 5. The summed E-state index contributed by atoms with van der Waals surface area (Å²) in [5.74, 6) is -0.300. The molecule has 3 amide bonds. The molecule has 2 aromatic carbocycles. The van der Waals surface area contributed by atoms with Crippen LogP contribution >= 0.6 is 0 Å². The number of anilines is 3. The number of rotatable bonds is 6. The third kappa shape index (κ3) is 5.43. The van der Waals surface area contributed by atoms with Crippen LogP contribution in [0.2, 0.25) is 0 Å². The van der Waals surface area contributed by atoms with Gasteiger partial charge in [0.1, 0.15) is 5.69 Å². The number of urea groups is 1. The quantitative estimate of drug-likeness (QED) is 0.257. The smallest absolute Gasteiger partial charge is 0.323 e. The zero-order valence-corrected chi connectivity index (χ0v) is 20.3. The number of fused-ring (bicyclic) bond motifs is 1. The summed E-state index contributed by atoms with van der Waals surface area (Å²) < 4.78 is 0. The van der Waals surface area contributed by atoms with Crippen molar-refractivity contribution >= 4 is 39.8 Å². The number of carbonyl (C=O) groups excluding carboxylic acids is 2. The first-order chi connectivity index (χ1) is 16.8. The van der Waals surface area contributed by atoms with Crippen LogP contribution in [0.25, 0.3) is 10.8 Å². The minimum absolute atomic E-state index is 0.214. The summed E-state index contributed by atoms with van der Waals surface area (Å²) in [4.78, 5) is 32.5. The molecule has 2 aromatic heterocycles. The Bertz CT molecular complexity index is 1360. The van der Waals surface area contributed by atoms with Crippen molar-refractivity contribution in [3.8, 4) is 0 Å².